The molecule has 4 rings (SSSR count). The van der Waals surface area contributed by atoms with Crippen LogP contribution < -0.4 is 4.72 Å². The monoisotopic (exact) mass is 443 g/mol. The Labute approximate surface area is 162 Å². The van der Waals surface area contributed by atoms with Crippen molar-refractivity contribution in [3.8, 4) is 17.3 Å². The quantitative estimate of drug-likeness (QED) is 0.599. The minimum atomic E-state index is -3.66. The molecule has 3 aromatic rings. The number of benzene rings is 2. The van der Waals surface area contributed by atoms with Crippen molar-refractivity contribution in [2.75, 3.05) is 0 Å². The van der Waals surface area contributed by atoms with Gasteiger partial charge < -0.3 is 0 Å². The van der Waals surface area contributed by atoms with Gasteiger partial charge in [0.2, 0.25) is 0 Å². The molecule has 26 heavy (non-hydrogen) atoms. The summed E-state index contributed by atoms with van der Waals surface area (Å²) in [6.07, 6.45) is 0. The number of fused-ring (bicyclic) bond motifs is 1. The summed E-state index contributed by atoms with van der Waals surface area (Å²) in [7, 11) is -3.66. The van der Waals surface area contributed by atoms with Crippen LogP contribution in [0, 0.1) is 11.3 Å². The van der Waals surface area contributed by atoms with Gasteiger partial charge in [0, 0.05) is 21.0 Å². The lowest BCUT2D eigenvalue weighted by Crippen LogP contribution is -2.14. The molecular formula is C18H10BrN3O2S2. The zero-order chi connectivity index (χ0) is 18.3. The number of rotatable bonds is 2. The van der Waals surface area contributed by atoms with Gasteiger partial charge in [-0.15, -0.1) is 11.3 Å². The third-order valence-electron chi connectivity index (χ3n) is 3.90. The minimum absolute atomic E-state index is 0.174. The second-order valence-corrected chi connectivity index (χ2v) is 8.93. The first-order chi connectivity index (χ1) is 12.5. The number of nitrogens with one attached hydrogen (secondary N) is 1. The standard InChI is InChI=1S/C18H10BrN3O2S2/c19-12-7-5-11(6-8-12)15-10-25-18(21-15)14(9-20)17-13-3-1-2-4-16(13)26(23,24)22-17/h1-8,10,22H/b17-14-. The van der Waals surface area contributed by atoms with Crippen molar-refractivity contribution < 1.29 is 8.42 Å². The minimum Gasteiger partial charge on any atom is -0.277 e. The average Bonchev–Trinajstić information content (AvgIpc) is 3.21. The Morgan fingerprint density at radius 3 is 2.62 bits per heavy atom. The molecule has 2 aromatic carbocycles. The van der Waals surface area contributed by atoms with Crippen LogP contribution in [0.1, 0.15) is 10.6 Å². The van der Waals surface area contributed by atoms with E-state index >= 15 is 0 Å². The normalized spacial score (nSPS) is 16.5. The first-order valence-corrected chi connectivity index (χ1v) is 10.6. The Hall–Kier alpha value is -2.47. The number of nitrogens with zero attached hydrogens (tertiary/aromatic N) is 2. The fraction of sp³-hybridized carbons (Fsp3) is 0. The molecule has 1 aromatic heterocycles. The van der Waals surface area contributed by atoms with Crippen LogP contribution in [-0.4, -0.2) is 13.4 Å². The maximum atomic E-state index is 12.3. The lowest BCUT2D eigenvalue weighted by Gasteiger charge is -2.02. The Morgan fingerprint density at radius 1 is 1.15 bits per heavy atom. The molecule has 8 heteroatoms. The van der Waals surface area contributed by atoms with Gasteiger partial charge in [-0.2, -0.15) is 5.26 Å². The van der Waals surface area contributed by atoms with Crippen LogP contribution in [0.2, 0.25) is 0 Å². The summed E-state index contributed by atoms with van der Waals surface area (Å²) in [4.78, 5) is 4.71. The van der Waals surface area contributed by atoms with Crippen molar-refractivity contribution >= 4 is 48.6 Å². The van der Waals surface area contributed by atoms with Crippen LogP contribution in [0.15, 0.2) is 63.3 Å². The molecular weight excluding hydrogens is 434 g/mol. The Bertz CT molecular complexity index is 1190. The molecule has 0 bridgehead atoms. The molecule has 1 aliphatic rings. The summed E-state index contributed by atoms with van der Waals surface area (Å²) in [5.74, 6) is 0. The van der Waals surface area contributed by atoms with E-state index < -0.39 is 10.0 Å². The number of aromatic nitrogens is 1. The fourth-order valence-electron chi connectivity index (χ4n) is 2.69. The van der Waals surface area contributed by atoms with Crippen LogP contribution in [-0.2, 0) is 10.0 Å². The van der Waals surface area contributed by atoms with Gasteiger partial charge in [0.1, 0.15) is 16.6 Å². The third-order valence-corrected chi connectivity index (χ3v) is 6.70. The molecule has 0 unspecified atom stereocenters. The largest absolute Gasteiger partial charge is 0.277 e. The highest BCUT2D eigenvalue weighted by Gasteiger charge is 2.32. The summed E-state index contributed by atoms with van der Waals surface area (Å²) in [5, 5.41) is 12.0. The van der Waals surface area contributed by atoms with E-state index in [2.05, 4.69) is 31.7 Å². The van der Waals surface area contributed by atoms with Crippen molar-refractivity contribution in [1.82, 2.24) is 9.71 Å². The SMILES string of the molecule is N#C/C(=C1/NS(=O)(=O)c2ccccc21)c1nc(-c2ccc(Br)cc2)cs1. The van der Waals surface area contributed by atoms with Crippen molar-refractivity contribution in [3.05, 3.63) is 69.0 Å². The number of nitriles is 1. The van der Waals surface area contributed by atoms with E-state index in [-0.39, 0.29) is 16.2 Å². The maximum Gasteiger partial charge on any atom is 0.262 e. The smallest absolute Gasteiger partial charge is 0.262 e. The highest BCUT2D eigenvalue weighted by molar-refractivity contribution is 9.10. The number of allylic oxidation sites excluding steroid dienone is 1. The summed E-state index contributed by atoms with van der Waals surface area (Å²) >= 11 is 4.70. The second kappa shape index (κ2) is 6.36. The fourth-order valence-corrected chi connectivity index (χ4v) is 5.09. The van der Waals surface area contributed by atoms with Crippen molar-refractivity contribution in [2.24, 2.45) is 0 Å². The molecule has 0 spiro atoms. The van der Waals surface area contributed by atoms with Crippen LogP contribution >= 0.6 is 27.3 Å². The molecule has 0 saturated heterocycles. The summed E-state index contributed by atoms with van der Waals surface area (Å²) in [6.45, 7) is 0. The molecule has 0 saturated carbocycles. The molecule has 0 amide bonds. The van der Waals surface area contributed by atoms with Gasteiger partial charge in [-0.05, 0) is 18.2 Å². The van der Waals surface area contributed by atoms with E-state index in [9.17, 15) is 13.7 Å². The zero-order valence-electron chi connectivity index (χ0n) is 13.1. The van der Waals surface area contributed by atoms with E-state index in [4.69, 9.17) is 0 Å². The number of hydrogen-bond acceptors (Lipinski definition) is 5. The molecule has 0 fully saturated rings. The lowest BCUT2D eigenvalue weighted by atomic mass is 10.1. The average molecular weight is 444 g/mol. The molecule has 0 aliphatic carbocycles. The molecule has 0 radical (unpaired) electrons. The number of sulfonamides is 1. The van der Waals surface area contributed by atoms with E-state index in [0.29, 0.717) is 10.6 Å². The van der Waals surface area contributed by atoms with Crippen LogP contribution in [0.3, 0.4) is 0 Å². The first kappa shape index (κ1) is 17.0. The summed E-state index contributed by atoms with van der Waals surface area (Å²) < 4.78 is 28.1. The predicted molar refractivity (Wildman–Crippen MR) is 104 cm³/mol. The van der Waals surface area contributed by atoms with E-state index in [1.165, 1.54) is 17.4 Å². The highest BCUT2D eigenvalue weighted by Crippen LogP contribution is 2.36. The molecule has 0 atom stereocenters. The van der Waals surface area contributed by atoms with Crippen molar-refractivity contribution in [2.45, 2.75) is 4.90 Å². The lowest BCUT2D eigenvalue weighted by molar-refractivity contribution is 0.594. The van der Waals surface area contributed by atoms with Gasteiger partial charge >= 0.3 is 0 Å². The predicted octanol–water partition coefficient (Wildman–Crippen LogP) is 4.26. The Morgan fingerprint density at radius 2 is 1.88 bits per heavy atom. The van der Waals surface area contributed by atoms with Gasteiger partial charge in [0.05, 0.1) is 16.3 Å². The first-order valence-electron chi connectivity index (χ1n) is 7.48. The molecule has 1 N–H and O–H groups in total. The second-order valence-electron chi connectivity index (χ2n) is 5.51. The van der Waals surface area contributed by atoms with Gasteiger partial charge in [0.25, 0.3) is 10.0 Å². The molecule has 128 valence electrons. The van der Waals surface area contributed by atoms with Gasteiger partial charge in [-0.3, -0.25) is 4.72 Å². The van der Waals surface area contributed by atoms with Crippen molar-refractivity contribution in [1.29, 1.82) is 5.26 Å². The Kier molecular flexibility index (Phi) is 4.15. The van der Waals surface area contributed by atoms with Crippen LogP contribution in [0.5, 0.6) is 0 Å². The van der Waals surface area contributed by atoms with E-state index in [1.807, 2.05) is 29.6 Å². The third kappa shape index (κ3) is 2.84. The number of halogens is 1. The number of hydrogen-bond donors (Lipinski definition) is 1. The van der Waals surface area contributed by atoms with Gasteiger partial charge in [-0.25, -0.2) is 13.4 Å². The number of thiazole rings is 1. The molecule has 2 heterocycles. The topological polar surface area (TPSA) is 82.9 Å². The summed E-state index contributed by atoms with van der Waals surface area (Å²) in [5.41, 5.74) is 2.64. The zero-order valence-corrected chi connectivity index (χ0v) is 16.3. The highest BCUT2D eigenvalue weighted by atomic mass is 79.9. The van der Waals surface area contributed by atoms with Gasteiger partial charge in [0.15, 0.2) is 0 Å². The molecule has 5 nitrogen and oxygen atoms in total. The molecule has 1 aliphatic heterocycles. The Balaban J connectivity index is 1.84. The van der Waals surface area contributed by atoms with E-state index in [1.54, 1.807) is 18.2 Å². The van der Waals surface area contributed by atoms with Crippen molar-refractivity contribution in [3.63, 3.8) is 0 Å². The van der Waals surface area contributed by atoms with E-state index in [0.717, 1.165) is 15.7 Å². The van der Waals surface area contributed by atoms with Crippen LogP contribution in [0.25, 0.3) is 22.5 Å². The van der Waals surface area contributed by atoms with Gasteiger partial charge in [-0.1, -0.05) is 46.3 Å². The van der Waals surface area contributed by atoms with Crippen LogP contribution in [0.4, 0.5) is 0 Å². The summed E-state index contributed by atoms with van der Waals surface area (Å²) in [6, 6.07) is 16.4. The maximum absolute atomic E-state index is 12.3.